The van der Waals surface area contributed by atoms with Gasteiger partial charge in [-0.15, -0.1) is 0 Å². The monoisotopic (exact) mass is 574 g/mol. The summed E-state index contributed by atoms with van der Waals surface area (Å²) >= 11 is 6.05. The minimum absolute atomic E-state index is 0.0317. The Morgan fingerprint density at radius 3 is 2.10 bits per heavy atom. The fourth-order valence-corrected chi connectivity index (χ4v) is 5.14. The van der Waals surface area contributed by atoms with Crippen molar-refractivity contribution in [2.75, 3.05) is 31.5 Å². The van der Waals surface area contributed by atoms with Crippen LogP contribution in [0.5, 0.6) is 0 Å². The van der Waals surface area contributed by atoms with E-state index in [-0.39, 0.29) is 24.6 Å². The van der Waals surface area contributed by atoms with Gasteiger partial charge in [0.2, 0.25) is 11.8 Å². The van der Waals surface area contributed by atoms with E-state index in [2.05, 4.69) is 5.32 Å². The van der Waals surface area contributed by atoms with Crippen LogP contribution in [0, 0.1) is 5.82 Å². The molecule has 0 saturated carbocycles. The lowest BCUT2D eigenvalue weighted by Crippen LogP contribution is -2.54. The molecule has 11 heteroatoms. The molecule has 0 aromatic heterocycles. The summed E-state index contributed by atoms with van der Waals surface area (Å²) in [5.41, 5.74) is 1.65. The first-order valence-electron chi connectivity index (χ1n) is 12.3. The van der Waals surface area contributed by atoms with Crippen LogP contribution in [-0.2, 0) is 32.8 Å². The van der Waals surface area contributed by atoms with Crippen LogP contribution in [-0.4, -0.2) is 62.7 Å². The van der Waals surface area contributed by atoms with Crippen molar-refractivity contribution in [2.45, 2.75) is 25.9 Å². The highest BCUT2D eigenvalue weighted by Gasteiger charge is 2.34. The number of halogens is 2. The van der Waals surface area contributed by atoms with Gasteiger partial charge in [-0.25, -0.2) is 8.70 Å². The molecule has 3 aromatic carbocycles. The molecule has 0 radical (unpaired) electrons. The SMILES string of the molecule is CCNC(=O)[C@@H](Cc1ccccc1)N(Cc1ccc(Cl)cc1)C(=O)CN(c1ccc(F)cc1)S(=O)(=O)N(C)C. The predicted octanol–water partition coefficient (Wildman–Crippen LogP) is 3.87. The fourth-order valence-electron chi connectivity index (χ4n) is 3.96. The maximum Gasteiger partial charge on any atom is 0.304 e. The van der Waals surface area contributed by atoms with Gasteiger partial charge < -0.3 is 10.2 Å². The van der Waals surface area contributed by atoms with Crippen molar-refractivity contribution < 1.29 is 22.4 Å². The highest BCUT2D eigenvalue weighted by molar-refractivity contribution is 7.90. The van der Waals surface area contributed by atoms with Gasteiger partial charge in [-0.3, -0.25) is 9.59 Å². The number of hydrogen-bond acceptors (Lipinski definition) is 4. The third kappa shape index (κ3) is 8.01. The number of benzene rings is 3. The molecule has 0 heterocycles. The third-order valence-corrected chi connectivity index (χ3v) is 8.09. The standard InChI is InChI=1S/C28H32ClFN4O4S/c1-4-31-28(36)26(18-21-8-6-5-7-9-21)33(19-22-10-12-23(29)13-11-22)27(35)20-34(39(37,38)32(2)3)25-16-14-24(30)15-17-25/h5-17,26H,4,18-20H2,1-3H3,(H,31,36)/t26-/m1/s1. The number of likely N-dealkylation sites (N-methyl/N-ethyl adjacent to an activating group) is 1. The molecule has 0 bridgehead atoms. The van der Waals surface area contributed by atoms with Gasteiger partial charge in [-0.05, 0) is 54.4 Å². The summed E-state index contributed by atoms with van der Waals surface area (Å²) in [4.78, 5) is 28.7. The Kier molecular flexibility index (Phi) is 10.4. The highest BCUT2D eigenvalue weighted by Crippen LogP contribution is 2.22. The minimum Gasteiger partial charge on any atom is -0.355 e. The Morgan fingerprint density at radius 1 is 0.923 bits per heavy atom. The number of nitrogens with one attached hydrogen (secondary N) is 1. The molecule has 0 unspecified atom stereocenters. The quantitative estimate of drug-likeness (QED) is 0.356. The first-order chi connectivity index (χ1) is 18.5. The average molecular weight is 575 g/mol. The van der Waals surface area contributed by atoms with Gasteiger partial charge in [0, 0.05) is 38.6 Å². The molecule has 0 spiro atoms. The van der Waals surface area contributed by atoms with E-state index in [9.17, 15) is 22.4 Å². The molecular formula is C28H32ClFN4O4S. The van der Waals surface area contributed by atoms with E-state index in [4.69, 9.17) is 11.6 Å². The predicted molar refractivity (Wildman–Crippen MR) is 151 cm³/mol. The molecule has 0 fully saturated rings. The Balaban J connectivity index is 2.06. The molecule has 0 saturated heterocycles. The third-order valence-electron chi connectivity index (χ3n) is 6.02. The van der Waals surface area contributed by atoms with Crippen molar-refractivity contribution in [3.63, 3.8) is 0 Å². The van der Waals surface area contributed by atoms with E-state index in [0.29, 0.717) is 17.1 Å². The zero-order valence-corrected chi connectivity index (χ0v) is 23.6. The lowest BCUT2D eigenvalue weighted by atomic mass is 10.0. The molecule has 208 valence electrons. The van der Waals surface area contributed by atoms with Gasteiger partial charge in [0.25, 0.3) is 0 Å². The van der Waals surface area contributed by atoms with Crippen molar-refractivity contribution in [3.8, 4) is 0 Å². The summed E-state index contributed by atoms with van der Waals surface area (Å²) in [5, 5.41) is 3.31. The molecule has 2 amide bonds. The van der Waals surface area contributed by atoms with Crippen LogP contribution in [0.25, 0.3) is 0 Å². The molecule has 8 nitrogen and oxygen atoms in total. The van der Waals surface area contributed by atoms with Crippen LogP contribution in [0.4, 0.5) is 10.1 Å². The van der Waals surface area contributed by atoms with Gasteiger partial charge in [-0.2, -0.15) is 12.7 Å². The number of hydrogen-bond donors (Lipinski definition) is 1. The summed E-state index contributed by atoms with van der Waals surface area (Å²) in [6.07, 6.45) is 0.211. The minimum atomic E-state index is -4.15. The van der Waals surface area contributed by atoms with E-state index in [1.54, 1.807) is 31.2 Å². The van der Waals surface area contributed by atoms with Gasteiger partial charge in [-0.1, -0.05) is 54.1 Å². The first kappa shape index (κ1) is 30.1. The molecule has 0 aliphatic heterocycles. The van der Waals surface area contributed by atoms with E-state index < -0.39 is 34.5 Å². The molecule has 3 aromatic rings. The Labute approximate surface area is 234 Å². The summed E-state index contributed by atoms with van der Waals surface area (Å²) in [6, 6.07) is 20.0. The number of carbonyl (C=O) groups is 2. The smallest absolute Gasteiger partial charge is 0.304 e. The van der Waals surface area contributed by atoms with E-state index in [1.165, 1.54) is 31.1 Å². The Bertz CT molecular complexity index is 1350. The zero-order chi connectivity index (χ0) is 28.6. The summed E-state index contributed by atoms with van der Waals surface area (Å²) in [5.74, 6) is -1.52. The van der Waals surface area contributed by atoms with Gasteiger partial charge in [0.15, 0.2) is 0 Å². The van der Waals surface area contributed by atoms with Crippen molar-refractivity contribution in [3.05, 3.63) is 101 Å². The average Bonchev–Trinajstić information content (AvgIpc) is 2.91. The first-order valence-corrected chi connectivity index (χ1v) is 14.1. The lowest BCUT2D eigenvalue weighted by Gasteiger charge is -2.34. The second kappa shape index (κ2) is 13.5. The molecule has 1 atom stereocenters. The highest BCUT2D eigenvalue weighted by atomic mass is 35.5. The van der Waals surface area contributed by atoms with E-state index in [1.807, 2.05) is 30.3 Å². The van der Waals surface area contributed by atoms with E-state index in [0.717, 1.165) is 26.3 Å². The molecular weight excluding hydrogens is 543 g/mol. The molecule has 3 rings (SSSR count). The topological polar surface area (TPSA) is 90.0 Å². The second-order valence-corrected chi connectivity index (χ2v) is 11.5. The van der Waals surface area contributed by atoms with Crippen LogP contribution in [0.15, 0.2) is 78.9 Å². The van der Waals surface area contributed by atoms with Crippen LogP contribution in [0.3, 0.4) is 0 Å². The Hall–Kier alpha value is -3.47. The molecule has 0 aliphatic carbocycles. The van der Waals surface area contributed by atoms with Crippen LogP contribution in [0.1, 0.15) is 18.1 Å². The van der Waals surface area contributed by atoms with Crippen molar-refractivity contribution in [1.29, 1.82) is 0 Å². The van der Waals surface area contributed by atoms with E-state index >= 15 is 0 Å². The second-order valence-electron chi connectivity index (χ2n) is 9.02. The fraction of sp³-hybridized carbons (Fsp3) is 0.286. The maximum atomic E-state index is 14.0. The zero-order valence-electron chi connectivity index (χ0n) is 22.1. The largest absolute Gasteiger partial charge is 0.355 e. The van der Waals surface area contributed by atoms with Crippen molar-refractivity contribution in [1.82, 2.24) is 14.5 Å². The summed E-state index contributed by atoms with van der Waals surface area (Å²) in [6.45, 7) is 1.56. The van der Waals surface area contributed by atoms with Gasteiger partial charge >= 0.3 is 10.2 Å². The molecule has 1 N–H and O–H groups in total. The number of amides is 2. The van der Waals surface area contributed by atoms with Crippen LogP contribution < -0.4 is 9.62 Å². The summed E-state index contributed by atoms with van der Waals surface area (Å²) < 4.78 is 42.0. The molecule has 39 heavy (non-hydrogen) atoms. The van der Waals surface area contributed by atoms with Gasteiger partial charge in [0.05, 0.1) is 5.69 Å². The maximum absolute atomic E-state index is 14.0. The van der Waals surface area contributed by atoms with Crippen molar-refractivity contribution >= 4 is 39.3 Å². The van der Waals surface area contributed by atoms with Crippen molar-refractivity contribution in [2.24, 2.45) is 0 Å². The number of carbonyl (C=O) groups excluding carboxylic acids is 2. The van der Waals surface area contributed by atoms with Crippen LogP contribution in [0.2, 0.25) is 5.02 Å². The van der Waals surface area contributed by atoms with Gasteiger partial charge in [0.1, 0.15) is 18.4 Å². The number of nitrogens with zero attached hydrogens (tertiary/aromatic N) is 3. The molecule has 0 aliphatic rings. The van der Waals surface area contributed by atoms with Crippen LogP contribution >= 0.6 is 11.6 Å². The number of anilines is 1. The lowest BCUT2D eigenvalue weighted by molar-refractivity contribution is -0.140. The summed E-state index contributed by atoms with van der Waals surface area (Å²) in [7, 11) is -1.46. The normalized spacial score (nSPS) is 12.2. The Morgan fingerprint density at radius 2 is 1.54 bits per heavy atom. The number of rotatable bonds is 12.